The van der Waals surface area contributed by atoms with E-state index < -0.39 is 0 Å². The van der Waals surface area contributed by atoms with E-state index in [0.29, 0.717) is 17.5 Å². The molecule has 1 aromatic rings. The number of rotatable bonds is 6. The Kier molecular flexibility index (Phi) is 4.36. The van der Waals surface area contributed by atoms with Crippen LogP contribution in [0.4, 0.5) is 4.39 Å². The Morgan fingerprint density at radius 3 is 2.72 bits per heavy atom. The molecule has 3 heteroatoms. The molecule has 0 amide bonds. The van der Waals surface area contributed by atoms with E-state index in [1.807, 2.05) is 12.1 Å². The van der Waals surface area contributed by atoms with E-state index in [1.165, 1.54) is 12.8 Å². The Labute approximate surface area is 108 Å². The maximum atomic E-state index is 13.5. The lowest BCUT2D eigenvalue weighted by Crippen LogP contribution is -2.34. The predicted octanol–water partition coefficient (Wildman–Crippen LogP) is 2.95. The molecule has 0 bridgehead atoms. The molecular weight excluding hydrogens is 229 g/mol. The van der Waals surface area contributed by atoms with Crippen molar-refractivity contribution in [3.05, 3.63) is 35.1 Å². The van der Waals surface area contributed by atoms with Gasteiger partial charge < -0.3 is 10.4 Å². The number of aliphatic hydroxyl groups excluding tert-OH is 1. The van der Waals surface area contributed by atoms with Crippen LogP contribution in [0.1, 0.15) is 43.4 Å². The van der Waals surface area contributed by atoms with Crippen LogP contribution in [0, 0.1) is 18.7 Å². The Bertz CT molecular complexity index is 403. The summed E-state index contributed by atoms with van der Waals surface area (Å²) in [6.07, 6.45) is 3.27. The second-order valence-electron chi connectivity index (χ2n) is 5.35. The first kappa shape index (κ1) is 13.5. The Morgan fingerprint density at radius 2 is 2.17 bits per heavy atom. The van der Waals surface area contributed by atoms with Crippen molar-refractivity contribution in [1.82, 2.24) is 5.32 Å². The Hall–Kier alpha value is -0.930. The molecule has 0 heterocycles. The summed E-state index contributed by atoms with van der Waals surface area (Å²) in [7, 11) is 0. The van der Waals surface area contributed by atoms with Gasteiger partial charge >= 0.3 is 0 Å². The van der Waals surface area contributed by atoms with Gasteiger partial charge in [0.2, 0.25) is 0 Å². The van der Waals surface area contributed by atoms with Gasteiger partial charge in [0.25, 0.3) is 0 Å². The quantitative estimate of drug-likeness (QED) is 0.814. The zero-order chi connectivity index (χ0) is 13.1. The van der Waals surface area contributed by atoms with Gasteiger partial charge in [0.15, 0.2) is 0 Å². The second-order valence-corrected chi connectivity index (χ2v) is 5.35. The smallest absolute Gasteiger partial charge is 0.126 e. The fraction of sp³-hybridized carbons (Fsp3) is 0.600. The molecule has 2 rings (SSSR count). The number of halogens is 1. The zero-order valence-electron chi connectivity index (χ0n) is 11.1. The third kappa shape index (κ3) is 3.30. The van der Waals surface area contributed by atoms with Crippen molar-refractivity contribution in [3.63, 3.8) is 0 Å². The van der Waals surface area contributed by atoms with Crippen LogP contribution in [0.3, 0.4) is 0 Å². The van der Waals surface area contributed by atoms with Crippen LogP contribution >= 0.6 is 0 Å². The summed E-state index contributed by atoms with van der Waals surface area (Å²) in [5.41, 5.74) is 1.65. The van der Waals surface area contributed by atoms with Gasteiger partial charge in [-0.15, -0.1) is 0 Å². The van der Waals surface area contributed by atoms with Crippen molar-refractivity contribution >= 4 is 0 Å². The van der Waals surface area contributed by atoms with Gasteiger partial charge in [0, 0.05) is 18.7 Å². The van der Waals surface area contributed by atoms with Crippen molar-refractivity contribution < 1.29 is 9.50 Å². The van der Waals surface area contributed by atoms with Gasteiger partial charge in [0.05, 0.1) is 0 Å². The lowest BCUT2D eigenvalue weighted by molar-refractivity contribution is 0.250. The van der Waals surface area contributed by atoms with Crippen LogP contribution in [-0.4, -0.2) is 17.8 Å². The first-order valence-corrected chi connectivity index (χ1v) is 6.74. The lowest BCUT2D eigenvalue weighted by Gasteiger charge is -2.23. The van der Waals surface area contributed by atoms with E-state index in [9.17, 15) is 4.39 Å². The van der Waals surface area contributed by atoms with Gasteiger partial charge in [-0.3, -0.25) is 0 Å². The summed E-state index contributed by atoms with van der Waals surface area (Å²) < 4.78 is 13.5. The highest BCUT2D eigenvalue weighted by atomic mass is 19.1. The van der Waals surface area contributed by atoms with Crippen molar-refractivity contribution in [3.8, 4) is 0 Å². The normalized spacial score (nSPS) is 18.7. The molecular formula is C15H22FNO. The molecule has 2 unspecified atom stereocenters. The van der Waals surface area contributed by atoms with Crippen molar-refractivity contribution in [2.45, 2.75) is 45.2 Å². The van der Waals surface area contributed by atoms with E-state index in [-0.39, 0.29) is 18.5 Å². The first-order chi connectivity index (χ1) is 8.61. The molecule has 18 heavy (non-hydrogen) atoms. The molecule has 0 radical (unpaired) electrons. The molecule has 0 spiro atoms. The highest BCUT2D eigenvalue weighted by molar-refractivity contribution is 5.25. The fourth-order valence-corrected chi connectivity index (χ4v) is 2.39. The van der Waals surface area contributed by atoms with Gasteiger partial charge in [-0.1, -0.05) is 12.1 Å². The van der Waals surface area contributed by atoms with Crippen LogP contribution < -0.4 is 5.32 Å². The average Bonchev–Trinajstić information content (AvgIpc) is 3.16. The molecule has 0 aliphatic heterocycles. The number of benzene rings is 1. The standard InChI is InChI=1S/C15H22FNO/c1-10-3-4-13(9-14(10)16)11(2)17-15(7-8-18)12-5-6-12/h3-4,9,11-12,15,17-18H,5-8H2,1-2H3. The van der Waals surface area contributed by atoms with Crippen molar-refractivity contribution in [1.29, 1.82) is 0 Å². The number of hydrogen-bond acceptors (Lipinski definition) is 2. The highest BCUT2D eigenvalue weighted by Crippen LogP contribution is 2.35. The molecule has 0 saturated heterocycles. The monoisotopic (exact) mass is 251 g/mol. The third-order valence-corrected chi connectivity index (χ3v) is 3.79. The van der Waals surface area contributed by atoms with Crippen LogP contribution in [0.5, 0.6) is 0 Å². The van der Waals surface area contributed by atoms with Gasteiger partial charge in [-0.05, 0) is 56.2 Å². The summed E-state index contributed by atoms with van der Waals surface area (Å²) in [5.74, 6) is 0.543. The highest BCUT2D eigenvalue weighted by Gasteiger charge is 2.31. The fourth-order valence-electron chi connectivity index (χ4n) is 2.39. The van der Waals surface area contributed by atoms with Crippen LogP contribution in [0.25, 0.3) is 0 Å². The van der Waals surface area contributed by atoms with E-state index >= 15 is 0 Å². The molecule has 2 nitrogen and oxygen atoms in total. The van der Waals surface area contributed by atoms with Crippen LogP contribution in [-0.2, 0) is 0 Å². The van der Waals surface area contributed by atoms with Gasteiger partial charge in [0.1, 0.15) is 5.82 Å². The average molecular weight is 251 g/mol. The molecule has 2 N–H and O–H groups in total. The molecule has 2 atom stereocenters. The SMILES string of the molecule is Cc1ccc(C(C)NC(CCO)C2CC2)cc1F. The molecule has 1 aliphatic carbocycles. The molecule has 1 fully saturated rings. The van der Waals surface area contributed by atoms with E-state index in [4.69, 9.17) is 5.11 Å². The molecule has 1 saturated carbocycles. The minimum Gasteiger partial charge on any atom is -0.396 e. The van der Waals surface area contributed by atoms with Crippen LogP contribution in [0.2, 0.25) is 0 Å². The lowest BCUT2D eigenvalue weighted by atomic mass is 10.0. The van der Waals surface area contributed by atoms with Gasteiger partial charge in [-0.25, -0.2) is 4.39 Å². The van der Waals surface area contributed by atoms with Crippen molar-refractivity contribution in [2.24, 2.45) is 5.92 Å². The van der Waals surface area contributed by atoms with E-state index in [0.717, 1.165) is 12.0 Å². The molecule has 1 aromatic carbocycles. The van der Waals surface area contributed by atoms with Crippen LogP contribution in [0.15, 0.2) is 18.2 Å². The Balaban J connectivity index is 2.00. The molecule has 100 valence electrons. The third-order valence-electron chi connectivity index (χ3n) is 3.79. The first-order valence-electron chi connectivity index (χ1n) is 6.74. The number of hydrogen-bond donors (Lipinski definition) is 2. The second kappa shape index (κ2) is 5.81. The minimum absolute atomic E-state index is 0.122. The van der Waals surface area contributed by atoms with E-state index in [1.54, 1.807) is 13.0 Å². The topological polar surface area (TPSA) is 32.3 Å². The summed E-state index contributed by atoms with van der Waals surface area (Å²) >= 11 is 0. The summed E-state index contributed by atoms with van der Waals surface area (Å²) in [6, 6.07) is 5.88. The maximum absolute atomic E-state index is 13.5. The summed E-state index contributed by atoms with van der Waals surface area (Å²) in [5, 5.41) is 12.6. The minimum atomic E-state index is -0.147. The zero-order valence-corrected chi connectivity index (χ0v) is 11.1. The predicted molar refractivity (Wildman–Crippen MR) is 70.9 cm³/mol. The maximum Gasteiger partial charge on any atom is 0.126 e. The Morgan fingerprint density at radius 1 is 1.44 bits per heavy atom. The number of aryl methyl sites for hydroxylation is 1. The van der Waals surface area contributed by atoms with Crippen molar-refractivity contribution in [2.75, 3.05) is 6.61 Å². The molecule has 1 aliphatic rings. The van der Waals surface area contributed by atoms with E-state index in [2.05, 4.69) is 12.2 Å². The van der Waals surface area contributed by atoms with Gasteiger partial charge in [-0.2, -0.15) is 0 Å². The number of nitrogens with one attached hydrogen (secondary N) is 1. The number of aliphatic hydroxyl groups is 1. The largest absolute Gasteiger partial charge is 0.396 e. The molecule has 0 aromatic heterocycles. The summed E-state index contributed by atoms with van der Waals surface area (Å²) in [4.78, 5) is 0. The summed E-state index contributed by atoms with van der Waals surface area (Å²) in [6.45, 7) is 4.04.